The highest BCUT2D eigenvalue weighted by molar-refractivity contribution is 5.99. The normalized spacial score (nSPS) is 11.9. The van der Waals surface area contributed by atoms with Crippen molar-refractivity contribution in [3.63, 3.8) is 0 Å². The number of hydrogen-bond acceptors (Lipinski definition) is 8. The summed E-state index contributed by atoms with van der Waals surface area (Å²) in [5, 5.41) is 31.2. The quantitative estimate of drug-likeness (QED) is 0.0438. The van der Waals surface area contributed by atoms with E-state index >= 15 is 0 Å². The van der Waals surface area contributed by atoms with Crippen molar-refractivity contribution in [1.29, 1.82) is 10.8 Å². The second-order valence-corrected chi connectivity index (χ2v) is 9.22. The van der Waals surface area contributed by atoms with Gasteiger partial charge in [0, 0.05) is 26.7 Å². The molecule has 4 amide bonds. The summed E-state index contributed by atoms with van der Waals surface area (Å²) in [7, 11) is 1.36. The third kappa shape index (κ3) is 12.8. The van der Waals surface area contributed by atoms with Crippen LogP contribution in [0.25, 0.3) is 0 Å². The predicted octanol–water partition coefficient (Wildman–Crippen LogP) is -1.65. The SMILES string of the molecule is CN(CC(=O)N(C(=O)NCCc1ccc(C(=O)O)cc1)[C@H](C=O)CCCNC(=N)N)C(=O)[C@@H](N)CCCNC(=N)N. The Morgan fingerprint density at radius 2 is 1.51 bits per heavy atom. The molecule has 16 heteroatoms. The molecule has 16 nitrogen and oxygen atoms in total. The van der Waals surface area contributed by atoms with Gasteiger partial charge in [-0.2, -0.15) is 0 Å². The van der Waals surface area contributed by atoms with Gasteiger partial charge in [0.2, 0.25) is 5.91 Å². The largest absolute Gasteiger partial charge is 0.478 e. The number of hydrogen-bond donors (Lipinski definition) is 9. The van der Waals surface area contributed by atoms with Gasteiger partial charge in [0.1, 0.15) is 6.29 Å². The molecule has 1 aromatic carbocycles. The molecule has 0 heterocycles. The smallest absolute Gasteiger partial charge is 0.335 e. The zero-order chi connectivity index (χ0) is 30.9. The third-order valence-electron chi connectivity index (χ3n) is 5.93. The first-order chi connectivity index (χ1) is 19.4. The summed E-state index contributed by atoms with van der Waals surface area (Å²) in [4.78, 5) is 63.8. The molecular formula is C25H40N10O6. The molecule has 0 radical (unpaired) electrons. The number of nitrogens with one attached hydrogen (secondary N) is 5. The first kappa shape index (κ1) is 34.3. The number of benzene rings is 1. The summed E-state index contributed by atoms with van der Waals surface area (Å²) in [6, 6.07) is 3.16. The Bertz CT molecular complexity index is 1080. The van der Waals surface area contributed by atoms with Crippen molar-refractivity contribution in [2.75, 3.05) is 33.2 Å². The van der Waals surface area contributed by atoms with E-state index in [-0.39, 0.29) is 43.4 Å². The lowest BCUT2D eigenvalue weighted by molar-refractivity contribution is -0.140. The molecule has 0 saturated carbocycles. The summed E-state index contributed by atoms with van der Waals surface area (Å²) >= 11 is 0. The van der Waals surface area contributed by atoms with Crippen LogP contribution in [0, 0.1) is 10.8 Å². The molecule has 0 aromatic heterocycles. The van der Waals surface area contributed by atoms with E-state index in [4.69, 9.17) is 33.1 Å². The number of likely N-dealkylation sites (N-methyl/N-ethyl adjacent to an activating group) is 1. The number of nitrogens with two attached hydrogens (primary N) is 3. The lowest BCUT2D eigenvalue weighted by atomic mass is 10.1. The van der Waals surface area contributed by atoms with Crippen LogP contribution in [0.3, 0.4) is 0 Å². The number of guanidine groups is 2. The van der Waals surface area contributed by atoms with Crippen molar-refractivity contribution in [3.05, 3.63) is 35.4 Å². The van der Waals surface area contributed by atoms with Crippen molar-refractivity contribution < 1.29 is 29.1 Å². The minimum Gasteiger partial charge on any atom is -0.478 e. The van der Waals surface area contributed by atoms with E-state index in [0.29, 0.717) is 32.1 Å². The summed E-state index contributed by atoms with van der Waals surface area (Å²) in [5.41, 5.74) is 17.3. The van der Waals surface area contributed by atoms with E-state index in [1.807, 2.05) is 0 Å². The number of carboxylic acid groups (broad SMARTS) is 1. The van der Waals surface area contributed by atoms with E-state index in [1.165, 1.54) is 19.2 Å². The lowest BCUT2D eigenvalue weighted by Crippen LogP contribution is -2.54. The van der Waals surface area contributed by atoms with Gasteiger partial charge in [0.15, 0.2) is 11.9 Å². The van der Waals surface area contributed by atoms with Gasteiger partial charge >= 0.3 is 12.0 Å². The predicted molar refractivity (Wildman–Crippen MR) is 151 cm³/mol. The standard InChI is InChI=1S/C25H40N10O6/c1-34(21(38)19(26)5-3-12-32-24(29)30)14-20(37)35(18(15-36)4-2-11-31-23(27)28)25(41)33-13-10-16-6-8-17(9-7-16)22(39)40/h6-9,15,18-19H,2-5,10-14,26H2,1H3,(H,33,41)(H,39,40)(H4,27,28,31)(H4,29,30,32)/t18-,19-/m0/s1. The monoisotopic (exact) mass is 576 g/mol. The highest BCUT2D eigenvalue weighted by Crippen LogP contribution is 2.09. The number of carboxylic acids is 1. The Labute approximate surface area is 238 Å². The first-order valence-corrected chi connectivity index (χ1v) is 12.9. The molecule has 0 saturated heterocycles. The molecule has 1 rings (SSSR count). The number of rotatable bonds is 17. The minimum atomic E-state index is -1.15. The van der Waals surface area contributed by atoms with Gasteiger partial charge in [0.05, 0.1) is 24.2 Å². The van der Waals surface area contributed by atoms with Crippen LogP contribution in [-0.4, -0.2) is 102 Å². The van der Waals surface area contributed by atoms with Gasteiger partial charge in [-0.25, -0.2) is 9.59 Å². The number of imide groups is 1. The second-order valence-electron chi connectivity index (χ2n) is 9.22. The lowest BCUT2D eigenvalue weighted by Gasteiger charge is -2.29. The van der Waals surface area contributed by atoms with Crippen molar-refractivity contribution in [2.24, 2.45) is 17.2 Å². The number of amides is 4. The summed E-state index contributed by atoms with van der Waals surface area (Å²) in [5.74, 6) is -2.87. The molecule has 12 N–H and O–H groups in total. The Kier molecular flexibility index (Phi) is 14.9. The molecule has 2 atom stereocenters. The number of carbonyl (C=O) groups excluding carboxylic acids is 4. The van der Waals surface area contributed by atoms with Crippen LogP contribution < -0.4 is 33.2 Å². The topological polar surface area (TPSA) is 274 Å². The van der Waals surface area contributed by atoms with Crippen LogP contribution in [0.5, 0.6) is 0 Å². The van der Waals surface area contributed by atoms with Gasteiger partial charge in [0.25, 0.3) is 5.91 Å². The molecule has 0 bridgehead atoms. The fraction of sp³-hybridized carbons (Fsp3) is 0.480. The Hall–Kier alpha value is -4.73. The van der Waals surface area contributed by atoms with Gasteiger partial charge in [-0.1, -0.05) is 12.1 Å². The van der Waals surface area contributed by atoms with E-state index < -0.39 is 42.4 Å². The van der Waals surface area contributed by atoms with Gasteiger partial charge in [-0.3, -0.25) is 25.3 Å². The molecule has 0 aliphatic heterocycles. The highest BCUT2D eigenvalue weighted by Gasteiger charge is 2.31. The zero-order valence-electron chi connectivity index (χ0n) is 23.0. The average Bonchev–Trinajstić information content (AvgIpc) is 2.91. The van der Waals surface area contributed by atoms with E-state index in [1.54, 1.807) is 12.1 Å². The second kappa shape index (κ2) is 17.8. The molecule has 226 valence electrons. The third-order valence-corrected chi connectivity index (χ3v) is 5.93. The van der Waals surface area contributed by atoms with Crippen LogP contribution in [0.1, 0.15) is 41.6 Å². The van der Waals surface area contributed by atoms with Crippen LogP contribution in [0.4, 0.5) is 4.79 Å². The molecule has 0 aliphatic carbocycles. The van der Waals surface area contributed by atoms with Crippen LogP contribution in [0.2, 0.25) is 0 Å². The number of aromatic carboxylic acids is 1. The average molecular weight is 577 g/mol. The molecule has 0 unspecified atom stereocenters. The number of nitrogens with zero attached hydrogens (tertiary/aromatic N) is 2. The van der Waals surface area contributed by atoms with Gasteiger partial charge in [-0.05, 0) is 49.8 Å². The summed E-state index contributed by atoms with van der Waals surface area (Å²) in [6.45, 7) is 0.149. The van der Waals surface area contributed by atoms with Crippen molar-refractivity contribution in [2.45, 2.75) is 44.2 Å². The first-order valence-electron chi connectivity index (χ1n) is 12.9. The van der Waals surface area contributed by atoms with Crippen molar-refractivity contribution in [3.8, 4) is 0 Å². The molecule has 0 fully saturated rings. The maximum atomic E-state index is 13.2. The Balaban J connectivity index is 2.89. The fourth-order valence-corrected chi connectivity index (χ4v) is 3.76. The van der Waals surface area contributed by atoms with Crippen molar-refractivity contribution in [1.82, 2.24) is 25.8 Å². The highest BCUT2D eigenvalue weighted by atomic mass is 16.4. The van der Waals surface area contributed by atoms with E-state index in [0.717, 1.165) is 15.4 Å². The minimum absolute atomic E-state index is 0.0832. The molecular weight excluding hydrogens is 536 g/mol. The Morgan fingerprint density at radius 3 is 2.02 bits per heavy atom. The number of carbonyl (C=O) groups is 5. The van der Waals surface area contributed by atoms with Crippen LogP contribution in [0.15, 0.2) is 24.3 Å². The maximum absolute atomic E-state index is 13.2. The van der Waals surface area contributed by atoms with E-state index in [9.17, 15) is 24.0 Å². The zero-order valence-corrected chi connectivity index (χ0v) is 23.0. The molecule has 0 spiro atoms. The number of urea groups is 1. The van der Waals surface area contributed by atoms with Crippen molar-refractivity contribution >= 4 is 42.0 Å². The fourth-order valence-electron chi connectivity index (χ4n) is 3.76. The van der Waals surface area contributed by atoms with Crippen LogP contribution >= 0.6 is 0 Å². The Morgan fingerprint density at radius 1 is 0.951 bits per heavy atom. The van der Waals surface area contributed by atoms with E-state index in [2.05, 4.69) is 16.0 Å². The molecule has 0 aliphatic rings. The van der Waals surface area contributed by atoms with Crippen LogP contribution in [-0.2, 0) is 20.8 Å². The summed E-state index contributed by atoms with van der Waals surface area (Å²) < 4.78 is 0. The number of aldehydes is 1. The maximum Gasteiger partial charge on any atom is 0.335 e. The van der Waals surface area contributed by atoms with Gasteiger partial charge < -0.3 is 48.0 Å². The summed E-state index contributed by atoms with van der Waals surface area (Å²) in [6.07, 6.45) is 1.89. The molecule has 1 aromatic rings. The molecule has 41 heavy (non-hydrogen) atoms. The van der Waals surface area contributed by atoms with Gasteiger partial charge in [-0.15, -0.1) is 0 Å².